The van der Waals surface area contributed by atoms with Crippen molar-refractivity contribution in [2.24, 2.45) is 11.8 Å². The van der Waals surface area contributed by atoms with Crippen LogP contribution in [0.3, 0.4) is 0 Å². The van der Waals surface area contributed by atoms with E-state index in [1.807, 2.05) is 0 Å². The van der Waals surface area contributed by atoms with Crippen LogP contribution in [0, 0.1) is 11.8 Å². The average Bonchev–Trinajstić information content (AvgIpc) is 3.85. The van der Waals surface area contributed by atoms with Gasteiger partial charge >= 0.3 is 11.9 Å². The molecular weight excluding hydrogens is 813 g/mol. The Morgan fingerprint density at radius 2 is 0.803 bits per heavy atom. The van der Waals surface area contributed by atoms with Crippen LogP contribution >= 0.6 is 0 Å². The highest BCUT2D eigenvalue weighted by molar-refractivity contribution is 5.69. The average molecular weight is 932 g/mol. The van der Waals surface area contributed by atoms with Gasteiger partial charge in [-0.25, -0.2) is 0 Å². The van der Waals surface area contributed by atoms with Gasteiger partial charge in [0.1, 0.15) is 0 Å². The normalized spacial score (nSPS) is 14.6. The molecule has 1 aliphatic rings. The van der Waals surface area contributed by atoms with Crippen molar-refractivity contribution in [3.8, 4) is 0 Å². The predicted octanol–water partition coefficient (Wildman–Crippen LogP) is 18.2. The van der Waals surface area contributed by atoms with Crippen LogP contribution in [0.4, 0.5) is 0 Å². The fourth-order valence-corrected chi connectivity index (χ4v) is 10.6. The summed E-state index contributed by atoms with van der Waals surface area (Å²) in [5.74, 6) is 1.33. The highest BCUT2D eigenvalue weighted by Gasteiger charge is 2.20. The van der Waals surface area contributed by atoms with Crippen molar-refractivity contribution in [1.82, 2.24) is 9.80 Å². The lowest BCUT2D eigenvalue weighted by Gasteiger charge is -2.33. The highest BCUT2D eigenvalue weighted by atomic mass is 16.5. The Bertz CT molecular complexity index is 1020. The topological polar surface area (TPSA) is 59.1 Å². The first-order chi connectivity index (χ1) is 32.5. The zero-order chi connectivity index (χ0) is 47.8. The monoisotopic (exact) mass is 931 g/mol. The molecule has 3 unspecified atom stereocenters. The fourth-order valence-electron chi connectivity index (χ4n) is 10.6. The molecule has 0 radical (unpaired) electrons. The van der Waals surface area contributed by atoms with E-state index in [2.05, 4.69) is 44.4 Å². The van der Waals surface area contributed by atoms with Gasteiger partial charge in [0.25, 0.3) is 0 Å². The highest BCUT2D eigenvalue weighted by Crippen LogP contribution is 2.24. The fraction of sp³-hybridized carbons (Fsp3) is 0.967. The lowest BCUT2D eigenvalue weighted by molar-refractivity contribution is -0.145. The smallest absolute Gasteiger partial charge is 0.305 e. The van der Waals surface area contributed by atoms with Gasteiger partial charge in [-0.05, 0) is 115 Å². The number of hydrogen-bond acceptors (Lipinski definition) is 6. The van der Waals surface area contributed by atoms with E-state index in [0.717, 1.165) is 38.0 Å². The molecule has 0 bridgehead atoms. The Balaban J connectivity index is 2.54. The molecule has 0 aliphatic carbocycles. The number of hydrogen-bond donors (Lipinski definition) is 0. The zero-order valence-electron chi connectivity index (χ0n) is 45.6. The summed E-state index contributed by atoms with van der Waals surface area (Å²) >= 11 is 0. The molecule has 392 valence electrons. The minimum absolute atomic E-state index is 0.0263. The van der Waals surface area contributed by atoms with Gasteiger partial charge < -0.3 is 19.3 Å². The quantitative estimate of drug-likeness (QED) is 0.0447. The summed E-state index contributed by atoms with van der Waals surface area (Å²) in [5, 5.41) is 0. The summed E-state index contributed by atoms with van der Waals surface area (Å²) in [5.41, 5.74) is 0. The van der Waals surface area contributed by atoms with E-state index >= 15 is 0 Å². The molecule has 1 heterocycles. The first-order valence-electron chi connectivity index (χ1n) is 30.2. The van der Waals surface area contributed by atoms with E-state index in [-0.39, 0.29) is 11.9 Å². The van der Waals surface area contributed by atoms with E-state index in [1.165, 1.54) is 264 Å². The number of rotatable bonds is 52. The predicted molar refractivity (Wildman–Crippen MR) is 288 cm³/mol. The second-order valence-electron chi connectivity index (χ2n) is 21.4. The van der Waals surface area contributed by atoms with Gasteiger partial charge in [-0.2, -0.15) is 0 Å². The van der Waals surface area contributed by atoms with Crippen LogP contribution in [-0.4, -0.2) is 73.7 Å². The van der Waals surface area contributed by atoms with Gasteiger partial charge in [0, 0.05) is 18.9 Å². The van der Waals surface area contributed by atoms with Gasteiger partial charge in [0.15, 0.2) is 0 Å². The van der Waals surface area contributed by atoms with Gasteiger partial charge in [-0.1, -0.05) is 227 Å². The van der Waals surface area contributed by atoms with Gasteiger partial charge in [-0.15, -0.1) is 0 Å². The molecular formula is C60H118N2O4. The molecule has 0 N–H and O–H groups in total. The van der Waals surface area contributed by atoms with Crippen molar-refractivity contribution >= 4 is 11.9 Å². The first-order valence-corrected chi connectivity index (χ1v) is 30.2. The molecule has 6 heteroatoms. The lowest BCUT2D eigenvalue weighted by atomic mass is 9.92. The second-order valence-corrected chi connectivity index (χ2v) is 21.4. The van der Waals surface area contributed by atoms with Gasteiger partial charge in [0.2, 0.25) is 0 Å². The maximum atomic E-state index is 12.6. The standard InChI is InChI=1S/C60H118N2O4/c1-6-11-16-19-24-29-36-52-62(53-39-51-61-49-37-38-50-61)58(45-33-26-21-23-28-35-47-60(64)66-55-57(41-15-10-5)43-31-18-13-8-3)44-32-25-20-22-27-34-46-59(63)65-54-48-56(40-14-9-4)42-30-17-12-7-2/h56-58H,6-55H2,1-5H3. The second kappa shape index (κ2) is 48.9. The molecule has 1 aliphatic heterocycles. The van der Waals surface area contributed by atoms with E-state index in [9.17, 15) is 9.59 Å². The van der Waals surface area contributed by atoms with Crippen LogP contribution in [0.25, 0.3) is 0 Å². The molecule has 1 fully saturated rings. The summed E-state index contributed by atoms with van der Waals surface area (Å²) in [6, 6.07) is 0.707. The van der Waals surface area contributed by atoms with E-state index in [4.69, 9.17) is 9.47 Å². The molecule has 1 saturated heterocycles. The molecule has 0 aromatic carbocycles. The van der Waals surface area contributed by atoms with Crippen molar-refractivity contribution in [3.05, 3.63) is 0 Å². The summed E-state index contributed by atoms with van der Waals surface area (Å²) in [4.78, 5) is 30.9. The number of unbranched alkanes of at least 4 members (excludes halogenated alkanes) is 24. The molecule has 0 spiro atoms. The largest absolute Gasteiger partial charge is 0.466 e. The molecule has 0 saturated carbocycles. The maximum Gasteiger partial charge on any atom is 0.305 e. The number of carbonyl (C=O) groups excluding carboxylic acids is 2. The van der Waals surface area contributed by atoms with E-state index in [1.54, 1.807) is 0 Å². The van der Waals surface area contributed by atoms with Crippen molar-refractivity contribution < 1.29 is 19.1 Å². The Morgan fingerprint density at radius 3 is 1.35 bits per heavy atom. The van der Waals surface area contributed by atoms with Crippen LogP contribution in [0.15, 0.2) is 0 Å². The third kappa shape index (κ3) is 39.7. The minimum Gasteiger partial charge on any atom is -0.466 e. The number of carbonyl (C=O) groups is 2. The molecule has 1 rings (SSSR count). The molecule has 0 amide bonds. The molecule has 0 aromatic rings. The lowest BCUT2D eigenvalue weighted by Crippen LogP contribution is -2.38. The molecule has 6 nitrogen and oxygen atoms in total. The Hall–Kier alpha value is -1.14. The Morgan fingerprint density at radius 1 is 0.409 bits per heavy atom. The van der Waals surface area contributed by atoms with Crippen LogP contribution in [0.2, 0.25) is 0 Å². The SMILES string of the molecule is CCCCCCCCCN(CCCN1CCCC1)C(CCCCCCCCC(=O)OCCC(CCCC)CCCCCC)CCCCCCCCC(=O)OCC(CCCC)CCCCCC. The molecule has 3 atom stereocenters. The summed E-state index contributed by atoms with van der Waals surface area (Å²) in [7, 11) is 0. The Kier molecular flexibility index (Phi) is 46.6. The summed E-state index contributed by atoms with van der Waals surface area (Å²) < 4.78 is 11.6. The number of nitrogens with zero attached hydrogens (tertiary/aromatic N) is 2. The van der Waals surface area contributed by atoms with Crippen LogP contribution in [-0.2, 0) is 19.1 Å². The number of esters is 2. The van der Waals surface area contributed by atoms with E-state index < -0.39 is 0 Å². The molecule has 66 heavy (non-hydrogen) atoms. The minimum atomic E-state index is 0.0263. The van der Waals surface area contributed by atoms with Gasteiger partial charge in [0.05, 0.1) is 13.2 Å². The van der Waals surface area contributed by atoms with Crippen molar-refractivity contribution in [2.75, 3.05) is 45.9 Å². The van der Waals surface area contributed by atoms with Crippen molar-refractivity contribution in [3.63, 3.8) is 0 Å². The molecule has 0 aromatic heterocycles. The van der Waals surface area contributed by atoms with Crippen molar-refractivity contribution in [1.29, 1.82) is 0 Å². The first kappa shape index (κ1) is 62.9. The summed E-state index contributed by atoms with van der Waals surface area (Å²) in [6.07, 6.45) is 53.8. The van der Waals surface area contributed by atoms with Crippen LogP contribution in [0.1, 0.15) is 311 Å². The van der Waals surface area contributed by atoms with E-state index in [0.29, 0.717) is 38.0 Å². The zero-order valence-corrected chi connectivity index (χ0v) is 45.6. The Labute approximate surface area is 413 Å². The summed E-state index contributed by atoms with van der Waals surface area (Å²) in [6.45, 7) is 19.1. The maximum absolute atomic E-state index is 12.6. The number of ether oxygens (including phenoxy) is 2. The van der Waals surface area contributed by atoms with Crippen LogP contribution < -0.4 is 0 Å². The third-order valence-electron chi connectivity index (χ3n) is 15.2. The van der Waals surface area contributed by atoms with Gasteiger partial charge in [-0.3, -0.25) is 9.59 Å². The van der Waals surface area contributed by atoms with Crippen molar-refractivity contribution in [2.45, 2.75) is 317 Å². The third-order valence-corrected chi connectivity index (χ3v) is 15.2. The number of likely N-dealkylation sites (tertiary alicyclic amines) is 1. The van der Waals surface area contributed by atoms with Crippen LogP contribution in [0.5, 0.6) is 0 Å².